The molecule has 2 rings (SSSR count). The summed E-state index contributed by atoms with van der Waals surface area (Å²) in [7, 11) is 0. The van der Waals surface area contributed by atoms with Crippen LogP contribution in [0.2, 0.25) is 0 Å². The van der Waals surface area contributed by atoms with E-state index < -0.39 is 5.82 Å². The lowest BCUT2D eigenvalue weighted by molar-refractivity contribution is 0.415. The van der Waals surface area contributed by atoms with Crippen molar-refractivity contribution in [3.63, 3.8) is 0 Å². The van der Waals surface area contributed by atoms with Crippen molar-refractivity contribution in [2.24, 2.45) is 5.73 Å². The summed E-state index contributed by atoms with van der Waals surface area (Å²) in [6, 6.07) is 6.04. The summed E-state index contributed by atoms with van der Waals surface area (Å²) < 4.78 is 18.1. The van der Waals surface area contributed by atoms with Crippen molar-refractivity contribution in [3.8, 4) is 6.07 Å². The summed E-state index contributed by atoms with van der Waals surface area (Å²) in [5, 5.41) is 16.8. The Bertz CT molecular complexity index is 593. The van der Waals surface area contributed by atoms with Gasteiger partial charge in [-0.15, -0.1) is 10.2 Å². The van der Waals surface area contributed by atoms with Crippen molar-refractivity contribution in [1.29, 1.82) is 5.26 Å². The number of rotatable bonds is 4. The van der Waals surface area contributed by atoms with Gasteiger partial charge in [-0.2, -0.15) is 5.26 Å². The summed E-state index contributed by atoms with van der Waals surface area (Å²) in [5.41, 5.74) is 6.37. The van der Waals surface area contributed by atoms with E-state index in [-0.39, 0.29) is 6.54 Å². The molecular weight excluding hydrogens is 255 g/mol. The van der Waals surface area contributed by atoms with E-state index in [9.17, 15) is 4.39 Å². The molecule has 0 amide bonds. The molecule has 0 aliphatic carbocycles. The molecule has 92 valence electrons. The Balaban J connectivity index is 2.08. The first-order chi connectivity index (χ1) is 8.72. The summed E-state index contributed by atoms with van der Waals surface area (Å²) >= 11 is 1.28. The molecule has 0 radical (unpaired) electrons. The predicted molar refractivity (Wildman–Crippen MR) is 62.9 cm³/mol. The number of nitriles is 1. The fourth-order valence-electron chi connectivity index (χ4n) is 1.30. The molecule has 0 bridgehead atoms. The Morgan fingerprint density at radius 2 is 2.28 bits per heavy atom. The highest BCUT2D eigenvalue weighted by Gasteiger charge is 2.08. The molecule has 0 saturated heterocycles. The maximum absolute atomic E-state index is 12.9. The molecule has 0 unspecified atom stereocenters. The van der Waals surface area contributed by atoms with Crippen LogP contribution in [0.1, 0.15) is 17.0 Å². The second-order valence-electron chi connectivity index (χ2n) is 3.37. The van der Waals surface area contributed by atoms with Gasteiger partial charge in [0, 0.05) is 5.75 Å². The Kier molecular flexibility index (Phi) is 3.92. The highest BCUT2D eigenvalue weighted by atomic mass is 32.2. The molecule has 0 saturated carbocycles. The third kappa shape index (κ3) is 2.85. The first kappa shape index (κ1) is 12.5. The van der Waals surface area contributed by atoms with Gasteiger partial charge in [0.15, 0.2) is 0 Å². The van der Waals surface area contributed by atoms with E-state index in [4.69, 9.17) is 15.4 Å². The van der Waals surface area contributed by atoms with E-state index in [0.29, 0.717) is 22.4 Å². The Morgan fingerprint density at radius 1 is 1.44 bits per heavy atom. The van der Waals surface area contributed by atoms with Crippen LogP contribution in [0.15, 0.2) is 27.8 Å². The van der Waals surface area contributed by atoms with Gasteiger partial charge < -0.3 is 10.2 Å². The van der Waals surface area contributed by atoms with E-state index in [1.807, 2.05) is 6.07 Å². The normalized spacial score (nSPS) is 10.3. The standard InChI is InChI=1S/C11H9FN4OS/c12-9-2-1-7(8(3-9)4-13)6-18-11-16-15-10(5-14)17-11/h1-3H,5-6,14H2. The Labute approximate surface area is 107 Å². The number of aromatic nitrogens is 2. The molecule has 0 aliphatic rings. The fraction of sp³-hybridized carbons (Fsp3) is 0.182. The molecule has 0 atom stereocenters. The molecule has 1 aromatic carbocycles. The quantitative estimate of drug-likeness (QED) is 0.847. The molecule has 7 heteroatoms. The van der Waals surface area contributed by atoms with Gasteiger partial charge in [-0.1, -0.05) is 17.8 Å². The summed E-state index contributed by atoms with van der Waals surface area (Å²) in [5.74, 6) is 0.385. The number of hydrogen-bond donors (Lipinski definition) is 1. The lowest BCUT2D eigenvalue weighted by atomic mass is 10.1. The van der Waals surface area contributed by atoms with Crippen LogP contribution in [0.5, 0.6) is 0 Å². The van der Waals surface area contributed by atoms with Gasteiger partial charge in [0.25, 0.3) is 5.22 Å². The fourth-order valence-corrected chi connectivity index (χ4v) is 2.08. The molecule has 5 nitrogen and oxygen atoms in total. The second-order valence-corrected chi connectivity index (χ2v) is 4.29. The van der Waals surface area contributed by atoms with Crippen LogP contribution in [0.3, 0.4) is 0 Å². The maximum Gasteiger partial charge on any atom is 0.276 e. The minimum absolute atomic E-state index is 0.188. The number of nitrogens with zero attached hydrogens (tertiary/aromatic N) is 3. The van der Waals surface area contributed by atoms with Crippen LogP contribution in [0, 0.1) is 17.1 Å². The number of benzene rings is 1. The number of thioether (sulfide) groups is 1. The first-order valence-corrected chi connectivity index (χ1v) is 6.05. The zero-order chi connectivity index (χ0) is 13.0. The van der Waals surface area contributed by atoms with Crippen molar-refractivity contribution < 1.29 is 8.81 Å². The van der Waals surface area contributed by atoms with Crippen LogP contribution >= 0.6 is 11.8 Å². The van der Waals surface area contributed by atoms with E-state index in [1.165, 1.54) is 23.9 Å². The van der Waals surface area contributed by atoms with E-state index in [1.54, 1.807) is 6.07 Å². The van der Waals surface area contributed by atoms with Crippen LogP contribution in [-0.4, -0.2) is 10.2 Å². The summed E-state index contributed by atoms with van der Waals surface area (Å²) in [4.78, 5) is 0. The van der Waals surface area contributed by atoms with Gasteiger partial charge in [0.1, 0.15) is 5.82 Å². The topological polar surface area (TPSA) is 88.7 Å². The zero-order valence-electron chi connectivity index (χ0n) is 9.26. The largest absolute Gasteiger partial charge is 0.415 e. The maximum atomic E-state index is 12.9. The first-order valence-electron chi connectivity index (χ1n) is 5.06. The van der Waals surface area contributed by atoms with Crippen molar-refractivity contribution in [3.05, 3.63) is 41.0 Å². The number of nitrogens with two attached hydrogens (primary N) is 1. The Morgan fingerprint density at radius 3 is 2.94 bits per heavy atom. The van der Waals surface area contributed by atoms with Crippen LogP contribution in [-0.2, 0) is 12.3 Å². The van der Waals surface area contributed by atoms with Crippen molar-refractivity contribution in [1.82, 2.24) is 10.2 Å². The molecular formula is C11H9FN4OS. The van der Waals surface area contributed by atoms with Crippen molar-refractivity contribution >= 4 is 11.8 Å². The van der Waals surface area contributed by atoms with Gasteiger partial charge in [-0.25, -0.2) is 4.39 Å². The van der Waals surface area contributed by atoms with Crippen LogP contribution in [0.4, 0.5) is 4.39 Å². The van der Waals surface area contributed by atoms with Crippen LogP contribution < -0.4 is 5.73 Å². The Hall–Kier alpha value is -1.91. The number of halogens is 1. The number of hydrogen-bond acceptors (Lipinski definition) is 6. The van der Waals surface area contributed by atoms with E-state index in [2.05, 4.69) is 10.2 Å². The minimum Gasteiger partial charge on any atom is -0.415 e. The molecule has 1 aromatic heterocycles. The van der Waals surface area contributed by atoms with Gasteiger partial charge in [0.2, 0.25) is 5.89 Å². The van der Waals surface area contributed by atoms with E-state index in [0.717, 1.165) is 5.56 Å². The second kappa shape index (κ2) is 5.62. The average Bonchev–Trinajstić information content (AvgIpc) is 2.85. The van der Waals surface area contributed by atoms with E-state index >= 15 is 0 Å². The lowest BCUT2D eigenvalue weighted by Gasteiger charge is -2.01. The summed E-state index contributed by atoms with van der Waals surface area (Å²) in [6.45, 7) is 0.188. The average molecular weight is 264 g/mol. The molecule has 2 N–H and O–H groups in total. The van der Waals surface area contributed by atoms with Gasteiger partial charge >= 0.3 is 0 Å². The minimum atomic E-state index is -0.427. The molecule has 2 aromatic rings. The monoisotopic (exact) mass is 264 g/mol. The molecule has 0 aliphatic heterocycles. The zero-order valence-corrected chi connectivity index (χ0v) is 10.1. The van der Waals surface area contributed by atoms with Gasteiger partial charge in [-0.05, 0) is 17.7 Å². The SMILES string of the molecule is N#Cc1cc(F)ccc1CSc1nnc(CN)o1. The smallest absolute Gasteiger partial charge is 0.276 e. The molecule has 0 spiro atoms. The van der Waals surface area contributed by atoms with Gasteiger partial charge in [-0.3, -0.25) is 0 Å². The third-order valence-corrected chi connectivity index (χ3v) is 3.03. The molecule has 1 heterocycles. The lowest BCUT2D eigenvalue weighted by Crippen LogP contribution is -1.95. The third-order valence-electron chi connectivity index (χ3n) is 2.17. The van der Waals surface area contributed by atoms with Gasteiger partial charge in [0.05, 0.1) is 18.2 Å². The molecule has 18 heavy (non-hydrogen) atoms. The van der Waals surface area contributed by atoms with Crippen molar-refractivity contribution in [2.75, 3.05) is 0 Å². The summed E-state index contributed by atoms with van der Waals surface area (Å²) in [6.07, 6.45) is 0. The predicted octanol–water partition coefficient (Wildman–Crippen LogP) is 1.83. The highest BCUT2D eigenvalue weighted by molar-refractivity contribution is 7.98. The molecule has 0 fully saturated rings. The van der Waals surface area contributed by atoms with Crippen LogP contribution in [0.25, 0.3) is 0 Å². The van der Waals surface area contributed by atoms with Crippen molar-refractivity contribution in [2.45, 2.75) is 17.5 Å². The highest BCUT2D eigenvalue weighted by Crippen LogP contribution is 2.23.